The van der Waals surface area contributed by atoms with E-state index in [4.69, 9.17) is 9.25 Å². The maximum atomic E-state index is 12.4. The lowest BCUT2D eigenvalue weighted by molar-refractivity contribution is -0.176. The molecule has 0 amide bonds. The van der Waals surface area contributed by atoms with E-state index >= 15 is 0 Å². The van der Waals surface area contributed by atoms with Crippen LogP contribution < -0.4 is 5.63 Å². The molecule has 1 aromatic rings. The van der Waals surface area contributed by atoms with Crippen molar-refractivity contribution in [2.75, 3.05) is 26.2 Å². The van der Waals surface area contributed by atoms with Crippen molar-refractivity contribution in [3.8, 4) is 0 Å². The van der Waals surface area contributed by atoms with Gasteiger partial charge in [0.2, 0.25) is 0 Å². The fourth-order valence-electron chi connectivity index (χ4n) is 9.70. The number of hydrogen-bond acceptors (Lipinski definition) is 6. The molecule has 6 rings (SSSR count). The van der Waals surface area contributed by atoms with Crippen LogP contribution in [-0.2, 0) is 4.84 Å². The Morgan fingerprint density at radius 3 is 2.65 bits per heavy atom. The zero-order chi connectivity index (χ0) is 27.8. The zero-order valence-corrected chi connectivity index (χ0v) is 24.8. The molecule has 0 bridgehead atoms. The van der Waals surface area contributed by atoms with Crippen molar-refractivity contribution in [1.82, 2.24) is 4.90 Å². The van der Waals surface area contributed by atoms with Gasteiger partial charge in [0.25, 0.3) is 0 Å². The van der Waals surface area contributed by atoms with Gasteiger partial charge >= 0.3 is 5.63 Å². The number of piperidine rings is 1. The zero-order valence-electron chi connectivity index (χ0n) is 24.8. The Labute approximate surface area is 240 Å². The van der Waals surface area contributed by atoms with Crippen LogP contribution in [0.2, 0.25) is 0 Å². The van der Waals surface area contributed by atoms with Gasteiger partial charge in [0, 0.05) is 11.5 Å². The minimum absolute atomic E-state index is 0.130. The monoisotopic (exact) mass is 550 g/mol. The predicted molar refractivity (Wildman–Crippen MR) is 158 cm³/mol. The van der Waals surface area contributed by atoms with E-state index in [2.05, 4.69) is 30.0 Å². The Bertz CT molecular complexity index is 1150. The molecule has 0 unspecified atom stereocenters. The van der Waals surface area contributed by atoms with E-state index in [-0.39, 0.29) is 22.4 Å². The molecule has 1 saturated heterocycles. The number of allylic oxidation sites excluding steroid dienone is 2. The van der Waals surface area contributed by atoms with Gasteiger partial charge in [-0.1, -0.05) is 31.0 Å². The number of unbranched alkanes of at least 4 members (excludes halogenated alkanes) is 2. The second-order valence-corrected chi connectivity index (χ2v) is 14.1. The smallest absolute Gasteiger partial charge is 0.335 e. The Hall–Kier alpha value is -1.92. The van der Waals surface area contributed by atoms with E-state index in [1.807, 2.05) is 6.07 Å². The van der Waals surface area contributed by atoms with Crippen LogP contribution in [0, 0.1) is 22.7 Å². The number of likely N-dealkylation sites (tertiary alicyclic amines) is 1. The molecule has 6 nitrogen and oxygen atoms in total. The molecule has 2 heterocycles. The fourth-order valence-corrected chi connectivity index (χ4v) is 9.70. The molecule has 0 radical (unpaired) electrons. The summed E-state index contributed by atoms with van der Waals surface area (Å²) >= 11 is 0. The van der Waals surface area contributed by atoms with E-state index in [9.17, 15) is 9.90 Å². The summed E-state index contributed by atoms with van der Waals surface area (Å²) in [5.41, 5.74) is 2.66. The maximum absolute atomic E-state index is 12.4. The van der Waals surface area contributed by atoms with Gasteiger partial charge in [0.15, 0.2) is 0 Å². The molecule has 40 heavy (non-hydrogen) atoms. The van der Waals surface area contributed by atoms with Crippen LogP contribution in [0.5, 0.6) is 0 Å². The highest BCUT2D eigenvalue weighted by molar-refractivity contribution is 5.96. The van der Waals surface area contributed by atoms with Crippen molar-refractivity contribution in [2.45, 2.75) is 115 Å². The van der Waals surface area contributed by atoms with Crippen LogP contribution >= 0.6 is 0 Å². The summed E-state index contributed by atoms with van der Waals surface area (Å²) in [5.74, 6) is 1.05. The van der Waals surface area contributed by atoms with Gasteiger partial charge in [-0.25, -0.2) is 4.79 Å². The number of rotatable bonds is 8. The fraction of sp³-hybridized carbons (Fsp3) is 0.765. The third-order valence-corrected chi connectivity index (χ3v) is 12.1. The number of aliphatic hydroxyl groups is 1. The number of nitrogens with zero attached hydrogens (tertiary/aromatic N) is 2. The van der Waals surface area contributed by atoms with Crippen LogP contribution in [0.25, 0.3) is 0 Å². The highest BCUT2D eigenvalue weighted by Gasteiger charge is 2.66. The molecule has 220 valence electrons. The molecule has 3 saturated carbocycles. The lowest BCUT2D eigenvalue weighted by atomic mass is 9.45. The molecule has 0 aromatic carbocycles. The third-order valence-electron chi connectivity index (χ3n) is 12.1. The standard InChI is InChI=1S/C34H50N2O4/c1-32-16-13-27(35-40-22-8-4-7-21-36-19-5-3-6-20-36)23-26(32)10-11-30-29(32)14-17-33(2)28(15-18-34(30,33)38)25-9-12-31(37)39-24-25/h9,12,23-24,28-30,38H,3-8,10-11,13-22H2,1-2H3/b35-27+/t28-,29+,30-,32+,33-,34+/m1/s1. The van der Waals surface area contributed by atoms with Crippen molar-refractivity contribution in [2.24, 2.45) is 27.8 Å². The van der Waals surface area contributed by atoms with E-state index in [0.717, 1.165) is 69.1 Å². The molecule has 1 N–H and O–H groups in total. The summed E-state index contributed by atoms with van der Waals surface area (Å²) in [4.78, 5) is 20.0. The molecule has 6 heteroatoms. The Kier molecular flexibility index (Phi) is 8.04. The van der Waals surface area contributed by atoms with E-state index in [1.165, 1.54) is 63.4 Å². The molecule has 6 atom stereocenters. The van der Waals surface area contributed by atoms with Crippen molar-refractivity contribution in [1.29, 1.82) is 0 Å². The summed E-state index contributed by atoms with van der Waals surface area (Å²) in [6.07, 6.45) is 19.8. The van der Waals surface area contributed by atoms with Gasteiger partial charge in [-0.3, -0.25) is 0 Å². The maximum Gasteiger partial charge on any atom is 0.335 e. The first-order valence-electron chi connectivity index (χ1n) is 16.3. The van der Waals surface area contributed by atoms with Gasteiger partial charge < -0.3 is 19.3 Å². The van der Waals surface area contributed by atoms with Crippen LogP contribution in [-0.4, -0.2) is 47.6 Å². The van der Waals surface area contributed by atoms with Crippen LogP contribution in [0.4, 0.5) is 0 Å². The first kappa shape index (κ1) is 28.2. The lowest BCUT2D eigenvalue weighted by Gasteiger charge is -2.61. The molecule has 0 spiro atoms. The average molecular weight is 551 g/mol. The third kappa shape index (κ3) is 5.02. The van der Waals surface area contributed by atoms with E-state index in [1.54, 1.807) is 6.26 Å². The molecule has 4 aliphatic carbocycles. The average Bonchev–Trinajstić information content (AvgIpc) is 3.24. The molecule has 4 fully saturated rings. The topological polar surface area (TPSA) is 75.3 Å². The molecular formula is C34H50N2O4. The highest BCUT2D eigenvalue weighted by Crippen LogP contribution is 2.69. The van der Waals surface area contributed by atoms with Crippen LogP contribution in [0.1, 0.15) is 115 Å². The van der Waals surface area contributed by atoms with Crippen molar-refractivity contribution in [3.05, 3.63) is 46.0 Å². The van der Waals surface area contributed by atoms with Gasteiger partial charge in [0.1, 0.15) is 6.61 Å². The Balaban J connectivity index is 1.06. The number of oxime groups is 1. The Morgan fingerprint density at radius 2 is 1.85 bits per heavy atom. The summed E-state index contributed by atoms with van der Waals surface area (Å²) < 4.78 is 5.24. The Morgan fingerprint density at radius 1 is 1.00 bits per heavy atom. The molecule has 5 aliphatic rings. The highest BCUT2D eigenvalue weighted by atomic mass is 16.6. The lowest BCUT2D eigenvalue weighted by Crippen LogP contribution is -2.60. The van der Waals surface area contributed by atoms with Gasteiger partial charge in [-0.15, -0.1) is 0 Å². The van der Waals surface area contributed by atoms with Gasteiger partial charge in [-0.05, 0) is 144 Å². The largest absolute Gasteiger partial charge is 0.431 e. The summed E-state index contributed by atoms with van der Waals surface area (Å²) in [6.45, 7) is 9.28. The number of fused-ring (bicyclic) bond motifs is 5. The normalized spacial score (nSPS) is 38.8. The van der Waals surface area contributed by atoms with Gasteiger partial charge in [-0.2, -0.15) is 0 Å². The summed E-state index contributed by atoms with van der Waals surface area (Å²) in [6, 6.07) is 3.45. The second-order valence-electron chi connectivity index (χ2n) is 14.1. The molecule has 1 aromatic heterocycles. The summed E-state index contributed by atoms with van der Waals surface area (Å²) in [5, 5.41) is 17.0. The number of hydrogen-bond donors (Lipinski definition) is 1. The first-order chi connectivity index (χ1) is 19.3. The SMILES string of the molecule is C[C@]12CC/C(=N\OCCCCCN3CCCCC3)C=C1CC[C@@H]1[C@@H]2CC[C@]2(C)[C@@H](c3ccc(=O)oc3)CC[C@]12O. The van der Waals surface area contributed by atoms with Crippen LogP contribution in [0.15, 0.2) is 44.4 Å². The first-order valence-corrected chi connectivity index (χ1v) is 16.3. The van der Waals surface area contributed by atoms with Crippen LogP contribution in [0.3, 0.4) is 0 Å². The second kappa shape index (κ2) is 11.4. The van der Waals surface area contributed by atoms with Crippen molar-refractivity contribution < 1.29 is 14.4 Å². The van der Waals surface area contributed by atoms with E-state index < -0.39 is 5.60 Å². The molecule has 1 aliphatic heterocycles. The molecular weight excluding hydrogens is 500 g/mol. The van der Waals surface area contributed by atoms with E-state index in [0.29, 0.717) is 18.4 Å². The quantitative estimate of drug-likeness (QED) is 0.284. The van der Waals surface area contributed by atoms with Gasteiger partial charge in [0.05, 0.1) is 17.6 Å². The van der Waals surface area contributed by atoms with Crippen molar-refractivity contribution >= 4 is 5.71 Å². The predicted octanol–water partition coefficient (Wildman–Crippen LogP) is 6.83. The summed E-state index contributed by atoms with van der Waals surface area (Å²) in [7, 11) is 0. The van der Waals surface area contributed by atoms with Crippen molar-refractivity contribution in [3.63, 3.8) is 0 Å². The minimum Gasteiger partial charge on any atom is -0.431 e. The minimum atomic E-state index is -0.670.